The van der Waals surface area contributed by atoms with E-state index in [4.69, 9.17) is 14.6 Å². The summed E-state index contributed by atoms with van der Waals surface area (Å²) in [5.41, 5.74) is 0.0629. The lowest BCUT2D eigenvalue weighted by molar-refractivity contribution is -0.149. The van der Waals surface area contributed by atoms with Crippen LogP contribution >= 0.6 is 0 Å². The van der Waals surface area contributed by atoms with Crippen molar-refractivity contribution in [3.63, 3.8) is 0 Å². The summed E-state index contributed by atoms with van der Waals surface area (Å²) >= 11 is 0. The van der Waals surface area contributed by atoms with E-state index in [1.165, 1.54) is 12.0 Å². The molecule has 0 aromatic rings. The van der Waals surface area contributed by atoms with Gasteiger partial charge in [0.2, 0.25) is 0 Å². The van der Waals surface area contributed by atoms with Crippen LogP contribution in [0.2, 0.25) is 0 Å². The fraction of sp³-hybridized carbons (Fsp3) is 0.895. The van der Waals surface area contributed by atoms with Crippen molar-refractivity contribution in [2.24, 2.45) is 5.41 Å². The molecule has 8 nitrogen and oxygen atoms in total. The van der Waals surface area contributed by atoms with Crippen molar-refractivity contribution in [2.75, 3.05) is 53.0 Å². The molecule has 3 rings (SSSR count). The number of ether oxygens (including phenoxy) is 2. The molecule has 0 unspecified atom stereocenters. The molecule has 2 aliphatic heterocycles. The van der Waals surface area contributed by atoms with Crippen LogP contribution in [0.15, 0.2) is 0 Å². The van der Waals surface area contributed by atoms with Crippen molar-refractivity contribution < 1.29 is 37.3 Å². The molecule has 1 aliphatic carbocycles. The van der Waals surface area contributed by atoms with Gasteiger partial charge in [-0.15, -0.1) is 0 Å². The third-order valence-corrected chi connectivity index (χ3v) is 6.60. The number of hydrogen-bond donors (Lipinski definition) is 1. The van der Waals surface area contributed by atoms with Crippen LogP contribution in [-0.2, 0) is 9.47 Å². The number of rotatable bonds is 6. The summed E-state index contributed by atoms with van der Waals surface area (Å²) in [6.45, 7) is 1.11. The van der Waals surface area contributed by atoms with E-state index >= 15 is 0 Å². The van der Waals surface area contributed by atoms with Gasteiger partial charge >= 0.3 is 18.4 Å². The first-order valence-electron chi connectivity index (χ1n) is 10.3. The summed E-state index contributed by atoms with van der Waals surface area (Å²) in [6, 6.07) is -0.176. The average molecular weight is 437 g/mol. The quantitative estimate of drug-likeness (QED) is 0.644. The van der Waals surface area contributed by atoms with Crippen molar-refractivity contribution in [1.29, 1.82) is 0 Å². The lowest BCUT2D eigenvalue weighted by Gasteiger charge is -2.52. The van der Waals surface area contributed by atoms with E-state index in [0.717, 1.165) is 24.2 Å². The number of hydrogen-bond acceptors (Lipinski definition) is 5. The highest BCUT2D eigenvalue weighted by atomic mass is 19.4. The van der Waals surface area contributed by atoms with E-state index in [1.54, 1.807) is 0 Å². The number of halogens is 3. The minimum absolute atomic E-state index is 0.0629. The van der Waals surface area contributed by atoms with Crippen LogP contribution in [0.3, 0.4) is 0 Å². The predicted octanol–water partition coefficient (Wildman–Crippen LogP) is 2.63. The second-order valence-electron chi connectivity index (χ2n) is 8.63. The van der Waals surface area contributed by atoms with E-state index in [9.17, 15) is 22.8 Å². The van der Waals surface area contributed by atoms with Crippen molar-refractivity contribution >= 4 is 12.2 Å². The number of amides is 2. The molecule has 0 bridgehead atoms. The maximum absolute atomic E-state index is 13.0. The number of nitrogens with zero attached hydrogens (tertiary/aromatic N) is 3. The number of piperidine rings is 1. The molecule has 3 aliphatic rings. The molecule has 172 valence electrons. The van der Waals surface area contributed by atoms with Crippen molar-refractivity contribution in [1.82, 2.24) is 14.7 Å². The van der Waals surface area contributed by atoms with Gasteiger partial charge in [-0.05, 0) is 37.5 Å². The topological polar surface area (TPSA) is 82.6 Å². The first kappa shape index (κ1) is 22.9. The number of carbonyl (C=O) groups is 2. The Kier molecular flexibility index (Phi) is 7.01. The van der Waals surface area contributed by atoms with E-state index in [-0.39, 0.29) is 18.6 Å². The van der Waals surface area contributed by atoms with Crippen LogP contribution < -0.4 is 0 Å². The van der Waals surface area contributed by atoms with Crippen LogP contribution in [0.5, 0.6) is 0 Å². The molecule has 2 amide bonds. The average Bonchev–Trinajstić information content (AvgIpc) is 3.11. The van der Waals surface area contributed by atoms with Gasteiger partial charge in [0.15, 0.2) is 0 Å². The van der Waals surface area contributed by atoms with Gasteiger partial charge in [0.05, 0.1) is 6.61 Å². The number of methoxy groups -OCH3 is 1. The zero-order chi connectivity index (χ0) is 21.9. The molecule has 0 radical (unpaired) electrons. The zero-order valence-corrected chi connectivity index (χ0v) is 17.2. The van der Waals surface area contributed by atoms with Crippen LogP contribution in [0.4, 0.5) is 22.8 Å². The van der Waals surface area contributed by atoms with Gasteiger partial charge in [-0.25, -0.2) is 9.59 Å². The van der Waals surface area contributed by atoms with Gasteiger partial charge in [-0.1, -0.05) is 0 Å². The van der Waals surface area contributed by atoms with Crippen LogP contribution in [-0.4, -0.2) is 103 Å². The van der Waals surface area contributed by atoms with Crippen molar-refractivity contribution in [3.05, 3.63) is 0 Å². The Labute approximate surface area is 173 Å². The van der Waals surface area contributed by atoms with E-state index in [0.29, 0.717) is 45.1 Å². The maximum atomic E-state index is 13.0. The molecule has 11 heteroatoms. The molecular formula is C19H30F3N3O5. The standard InChI is InChI=1S/C19H30F3N3O5/c1-29-8-9-30-17(28)25(13-19(20,21)22)14-2-5-23(6-3-14)15-10-18(11-15)4-7-24(12-18)16(26)27/h14-15H,2-13H2,1H3,(H,26,27). The maximum Gasteiger partial charge on any atom is 0.410 e. The van der Waals surface area contributed by atoms with Crippen molar-refractivity contribution in [3.8, 4) is 0 Å². The second kappa shape index (κ2) is 9.17. The fourth-order valence-corrected chi connectivity index (χ4v) is 5.02. The number of carbonyl (C=O) groups excluding carboxylic acids is 1. The third kappa shape index (κ3) is 5.48. The highest BCUT2D eigenvalue weighted by molar-refractivity contribution is 5.68. The van der Waals surface area contributed by atoms with Gasteiger partial charge in [0, 0.05) is 45.4 Å². The van der Waals surface area contributed by atoms with Gasteiger partial charge in [-0.2, -0.15) is 13.2 Å². The molecule has 2 heterocycles. The Morgan fingerprint density at radius 1 is 1.17 bits per heavy atom. The molecule has 0 aromatic carbocycles. The zero-order valence-electron chi connectivity index (χ0n) is 17.2. The Bertz CT molecular complexity index is 619. The lowest BCUT2D eigenvalue weighted by Crippen LogP contribution is -2.57. The molecule has 2 saturated heterocycles. The smallest absolute Gasteiger partial charge is 0.410 e. The van der Waals surface area contributed by atoms with E-state index < -0.39 is 30.9 Å². The molecule has 30 heavy (non-hydrogen) atoms. The number of likely N-dealkylation sites (tertiary alicyclic amines) is 2. The lowest BCUT2D eigenvalue weighted by atomic mass is 9.64. The normalized spacial score (nSPS) is 27.9. The van der Waals surface area contributed by atoms with E-state index in [2.05, 4.69) is 4.90 Å². The van der Waals surface area contributed by atoms with Crippen molar-refractivity contribution in [2.45, 2.75) is 50.4 Å². The molecule has 1 N–H and O–H groups in total. The third-order valence-electron chi connectivity index (χ3n) is 6.60. The molecular weight excluding hydrogens is 407 g/mol. The van der Waals surface area contributed by atoms with E-state index in [1.807, 2.05) is 0 Å². The molecule has 0 aromatic heterocycles. The van der Waals surface area contributed by atoms with Gasteiger partial charge in [0.1, 0.15) is 13.2 Å². The summed E-state index contributed by atoms with van der Waals surface area (Å²) in [4.78, 5) is 27.9. The molecule has 0 atom stereocenters. The summed E-state index contributed by atoms with van der Waals surface area (Å²) in [6.07, 6.45) is -2.68. The summed E-state index contributed by atoms with van der Waals surface area (Å²) in [7, 11) is 1.42. The summed E-state index contributed by atoms with van der Waals surface area (Å²) < 4.78 is 48.7. The predicted molar refractivity (Wildman–Crippen MR) is 100 cm³/mol. The van der Waals surface area contributed by atoms with Gasteiger partial charge < -0.3 is 24.4 Å². The number of carboxylic acid groups (broad SMARTS) is 1. The minimum atomic E-state index is -4.49. The first-order chi connectivity index (χ1) is 14.1. The van der Waals surface area contributed by atoms with Gasteiger partial charge in [-0.3, -0.25) is 4.90 Å². The van der Waals surface area contributed by atoms with Crippen LogP contribution in [0, 0.1) is 5.41 Å². The first-order valence-corrected chi connectivity index (χ1v) is 10.3. The fourth-order valence-electron chi connectivity index (χ4n) is 5.02. The summed E-state index contributed by atoms with van der Waals surface area (Å²) in [5, 5.41) is 9.14. The highest BCUT2D eigenvalue weighted by Crippen LogP contribution is 2.50. The Morgan fingerprint density at radius 3 is 2.37 bits per heavy atom. The minimum Gasteiger partial charge on any atom is -0.465 e. The Balaban J connectivity index is 1.49. The Hall–Kier alpha value is -1.75. The molecule has 1 saturated carbocycles. The second-order valence-corrected chi connectivity index (χ2v) is 8.63. The SMILES string of the molecule is COCCOC(=O)N(CC(F)(F)F)C1CCN(C2CC3(CCN(C(=O)O)C3)C2)CC1. The van der Waals surface area contributed by atoms with Gasteiger partial charge in [0.25, 0.3) is 0 Å². The Morgan fingerprint density at radius 2 is 1.83 bits per heavy atom. The van der Waals surface area contributed by atoms with Crippen LogP contribution in [0.25, 0.3) is 0 Å². The highest BCUT2D eigenvalue weighted by Gasteiger charge is 2.51. The molecule has 3 fully saturated rings. The van der Waals surface area contributed by atoms with Crippen LogP contribution in [0.1, 0.15) is 32.1 Å². The number of alkyl halides is 3. The largest absolute Gasteiger partial charge is 0.465 e. The summed E-state index contributed by atoms with van der Waals surface area (Å²) in [5.74, 6) is 0. The monoisotopic (exact) mass is 437 g/mol. The molecule has 1 spiro atoms.